The monoisotopic (exact) mass is 256 g/mol. The predicted octanol–water partition coefficient (Wildman–Crippen LogP) is 0.707. The molecule has 2 saturated heterocycles. The molecule has 2 aliphatic rings. The van der Waals surface area contributed by atoms with Crippen LogP contribution in [-0.4, -0.2) is 63.1 Å². The third-order valence-electron chi connectivity index (χ3n) is 4.38. The molecule has 0 aromatic carbocycles. The van der Waals surface area contributed by atoms with Crippen LogP contribution in [0.15, 0.2) is 0 Å². The summed E-state index contributed by atoms with van der Waals surface area (Å²) in [5.41, 5.74) is 0.282. The minimum Gasteiger partial charge on any atom is -0.396 e. The van der Waals surface area contributed by atoms with Crippen LogP contribution in [0.25, 0.3) is 0 Å². The zero-order valence-corrected chi connectivity index (χ0v) is 11.7. The van der Waals surface area contributed by atoms with Crippen LogP contribution in [0.4, 0.5) is 0 Å². The van der Waals surface area contributed by atoms with Gasteiger partial charge in [-0.05, 0) is 45.2 Å². The summed E-state index contributed by atoms with van der Waals surface area (Å²) < 4.78 is 5.72. The molecule has 0 radical (unpaired) electrons. The number of hydrogen-bond acceptors (Lipinski definition) is 4. The molecule has 2 heterocycles. The average Bonchev–Trinajstić information content (AvgIpc) is 2.40. The zero-order chi connectivity index (χ0) is 12.8. The van der Waals surface area contributed by atoms with Crippen molar-refractivity contribution in [3.8, 4) is 0 Å². The van der Waals surface area contributed by atoms with Crippen molar-refractivity contribution in [1.82, 2.24) is 10.2 Å². The predicted molar refractivity (Wildman–Crippen MR) is 72.7 cm³/mol. The smallest absolute Gasteiger partial charge is 0.0546 e. The van der Waals surface area contributed by atoms with Crippen LogP contribution in [0.2, 0.25) is 0 Å². The number of piperidine rings is 1. The molecule has 0 saturated carbocycles. The second-order valence-electron chi connectivity index (χ2n) is 6.11. The maximum absolute atomic E-state index is 9.32. The molecular formula is C14H28N2O2. The Morgan fingerprint density at radius 2 is 2.33 bits per heavy atom. The van der Waals surface area contributed by atoms with E-state index < -0.39 is 0 Å². The molecule has 2 N–H and O–H groups in total. The Labute approximate surface area is 111 Å². The van der Waals surface area contributed by atoms with Crippen LogP contribution < -0.4 is 5.32 Å². The van der Waals surface area contributed by atoms with Crippen molar-refractivity contribution in [2.24, 2.45) is 11.3 Å². The minimum atomic E-state index is 0.282. The first-order valence-electron chi connectivity index (χ1n) is 7.33. The van der Waals surface area contributed by atoms with Crippen LogP contribution >= 0.6 is 0 Å². The number of aliphatic hydroxyl groups excluding tert-OH is 1. The molecule has 0 bridgehead atoms. The van der Waals surface area contributed by atoms with E-state index in [1.807, 2.05) is 7.05 Å². The molecule has 106 valence electrons. The molecule has 2 rings (SSSR count). The molecule has 4 heteroatoms. The molecule has 2 aliphatic heterocycles. The van der Waals surface area contributed by atoms with Crippen LogP contribution in [0.5, 0.6) is 0 Å². The third-order valence-corrected chi connectivity index (χ3v) is 4.38. The van der Waals surface area contributed by atoms with Gasteiger partial charge in [-0.25, -0.2) is 0 Å². The van der Waals surface area contributed by atoms with E-state index in [2.05, 4.69) is 10.2 Å². The lowest BCUT2D eigenvalue weighted by Gasteiger charge is -2.43. The van der Waals surface area contributed by atoms with Crippen LogP contribution in [0, 0.1) is 11.3 Å². The fourth-order valence-electron chi connectivity index (χ4n) is 3.52. The van der Waals surface area contributed by atoms with Gasteiger partial charge in [-0.2, -0.15) is 0 Å². The molecule has 0 spiro atoms. The van der Waals surface area contributed by atoms with Gasteiger partial charge >= 0.3 is 0 Å². The Bertz CT molecular complexity index is 236. The minimum absolute atomic E-state index is 0.282. The number of nitrogens with one attached hydrogen (secondary N) is 1. The van der Waals surface area contributed by atoms with E-state index in [4.69, 9.17) is 4.74 Å². The van der Waals surface area contributed by atoms with Crippen molar-refractivity contribution in [3.05, 3.63) is 0 Å². The lowest BCUT2D eigenvalue weighted by Crippen LogP contribution is -2.50. The van der Waals surface area contributed by atoms with Gasteiger partial charge in [0.2, 0.25) is 0 Å². The molecule has 0 aliphatic carbocycles. The molecule has 0 aromatic heterocycles. The fraction of sp³-hybridized carbons (Fsp3) is 1.00. The zero-order valence-electron chi connectivity index (χ0n) is 11.7. The fourth-order valence-corrected chi connectivity index (χ4v) is 3.52. The van der Waals surface area contributed by atoms with Gasteiger partial charge in [0.1, 0.15) is 0 Å². The van der Waals surface area contributed by atoms with Gasteiger partial charge in [0, 0.05) is 38.3 Å². The lowest BCUT2D eigenvalue weighted by molar-refractivity contribution is -0.0330. The molecule has 2 unspecified atom stereocenters. The number of likely N-dealkylation sites (tertiary alicyclic amines) is 1. The van der Waals surface area contributed by atoms with Gasteiger partial charge in [-0.3, -0.25) is 0 Å². The van der Waals surface area contributed by atoms with Crippen LogP contribution in [0.1, 0.15) is 25.7 Å². The Morgan fingerprint density at radius 3 is 3.00 bits per heavy atom. The van der Waals surface area contributed by atoms with E-state index in [-0.39, 0.29) is 5.41 Å². The highest BCUT2D eigenvalue weighted by Crippen LogP contribution is 2.30. The maximum Gasteiger partial charge on any atom is 0.0546 e. The molecule has 4 nitrogen and oxygen atoms in total. The Morgan fingerprint density at radius 1 is 1.44 bits per heavy atom. The average molecular weight is 256 g/mol. The van der Waals surface area contributed by atoms with Gasteiger partial charge in [0.15, 0.2) is 0 Å². The SMILES string of the molecule is CNCC1(CN2CCCC(CO)C2)CCCOC1. The van der Waals surface area contributed by atoms with Crippen molar-refractivity contribution in [2.45, 2.75) is 25.7 Å². The van der Waals surface area contributed by atoms with Crippen molar-refractivity contribution in [3.63, 3.8) is 0 Å². The van der Waals surface area contributed by atoms with Crippen molar-refractivity contribution in [2.75, 3.05) is 53.0 Å². The quantitative estimate of drug-likeness (QED) is 0.760. The van der Waals surface area contributed by atoms with E-state index in [9.17, 15) is 5.11 Å². The number of nitrogens with zero attached hydrogens (tertiary/aromatic N) is 1. The van der Waals surface area contributed by atoms with E-state index in [1.54, 1.807) is 0 Å². The number of hydrogen-bond donors (Lipinski definition) is 2. The first kappa shape index (κ1) is 14.3. The number of aliphatic hydroxyl groups is 1. The normalized spacial score (nSPS) is 34.7. The topological polar surface area (TPSA) is 44.7 Å². The van der Waals surface area contributed by atoms with Gasteiger partial charge in [0.25, 0.3) is 0 Å². The number of rotatable bonds is 5. The summed E-state index contributed by atoms with van der Waals surface area (Å²) in [5, 5.41) is 12.7. The van der Waals surface area contributed by atoms with E-state index in [0.29, 0.717) is 12.5 Å². The highest BCUT2D eigenvalue weighted by Gasteiger charge is 2.35. The molecular weight excluding hydrogens is 228 g/mol. The van der Waals surface area contributed by atoms with E-state index in [0.717, 1.165) is 32.8 Å². The van der Waals surface area contributed by atoms with E-state index >= 15 is 0 Å². The molecule has 0 amide bonds. The Hall–Kier alpha value is -0.160. The standard InChI is InChI=1S/C14H28N2O2/c1-15-10-14(5-3-7-18-12-14)11-16-6-2-4-13(8-16)9-17/h13,15,17H,2-12H2,1H3. The van der Waals surface area contributed by atoms with Gasteiger partial charge in [-0.15, -0.1) is 0 Å². The summed E-state index contributed by atoms with van der Waals surface area (Å²) in [6, 6.07) is 0. The van der Waals surface area contributed by atoms with Gasteiger partial charge in [0.05, 0.1) is 6.61 Å². The van der Waals surface area contributed by atoms with Crippen LogP contribution in [0.3, 0.4) is 0 Å². The lowest BCUT2D eigenvalue weighted by atomic mass is 9.81. The van der Waals surface area contributed by atoms with Crippen molar-refractivity contribution < 1.29 is 9.84 Å². The maximum atomic E-state index is 9.32. The second-order valence-corrected chi connectivity index (χ2v) is 6.11. The van der Waals surface area contributed by atoms with E-state index in [1.165, 1.54) is 32.2 Å². The first-order chi connectivity index (χ1) is 8.78. The largest absolute Gasteiger partial charge is 0.396 e. The third kappa shape index (κ3) is 3.67. The molecule has 2 fully saturated rings. The van der Waals surface area contributed by atoms with Crippen molar-refractivity contribution >= 4 is 0 Å². The van der Waals surface area contributed by atoms with Gasteiger partial charge < -0.3 is 20.1 Å². The highest BCUT2D eigenvalue weighted by molar-refractivity contribution is 4.88. The Kier molecular flexibility index (Phi) is 5.42. The summed E-state index contributed by atoms with van der Waals surface area (Å²) in [5.74, 6) is 0.481. The van der Waals surface area contributed by atoms with Gasteiger partial charge in [-0.1, -0.05) is 0 Å². The summed E-state index contributed by atoms with van der Waals surface area (Å²) in [6.45, 7) is 6.53. The summed E-state index contributed by atoms with van der Waals surface area (Å²) in [7, 11) is 2.03. The van der Waals surface area contributed by atoms with Crippen molar-refractivity contribution in [1.29, 1.82) is 0 Å². The molecule has 18 heavy (non-hydrogen) atoms. The van der Waals surface area contributed by atoms with Crippen LogP contribution in [-0.2, 0) is 4.74 Å². The summed E-state index contributed by atoms with van der Waals surface area (Å²) in [6.07, 6.45) is 4.84. The highest BCUT2D eigenvalue weighted by atomic mass is 16.5. The second kappa shape index (κ2) is 6.85. The number of ether oxygens (including phenoxy) is 1. The molecule has 2 atom stereocenters. The summed E-state index contributed by atoms with van der Waals surface area (Å²) >= 11 is 0. The molecule has 0 aromatic rings. The summed E-state index contributed by atoms with van der Waals surface area (Å²) in [4.78, 5) is 2.54. The Balaban J connectivity index is 1.91. The first-order valence-corrected chi connectivity index (χ1v) is 7.33.